The number of thioether (sulfide) groups is 1. The second-order valence-corrected chi connectivity index (χ2v) is 9.94. The number of nitrogens with one attached hydrogen (secondary N) is 1. The number of amides is 1. The Morgan fingerprint density at radius 2 is 1.77 bits per heavy atom. The van der Waals surface area contributed by atoms with E-state index in [1.165, 1.54) is 44.4 Å². The lowest BCUT2D eigenvalue weighted by atomic mass is 10.1. The third-order valence-electron chi connectivity index (χ3n) is 6.05. The van der Waals surface area contributed by atoms with Crippen molar-refractivity contribution in [2.45, 2.75) is 45.2 Å². The number of halogens is 3. The number of methoxy groups -OCH3 is 1. The van der Waals surface area contributed by atoms with Gasteiger partial charge in [0.25, 0.3) is 5.91 Å². The third kappa shape index (κ3) is 7.23. The van der Waals surface area contributed by atoms with E-state index in [2.05, 4.69) is 29.2 Å². The molecular formula is C28H29F3N4O4S. The highest BCUT2D eigenvalue weighted by atomic mass is 32.2. The highest BCUT2D eigenvalue weighted by Gasteiger charge is 2.46. The van der Waals surface area contributed by atoms with Gasteiger partial charge in [0.05, 0.1) is 12.7 Å². The largest absolute Gasteiger partial charge is 0.493 e. The Morgan fingerprint density at radius 1 is 1.02 bits per heavy atom. The lowest BCUT2D eigenvalue weighted by Gasteiger charge is -2.20. The Bertz CT molecular complexity index is 1340. The average molecular weight is 575 g/mol. The van der Waals surface area contributed by atoms with Crippen LogP contribution in [0.1, 0.15) is 43.7 Å². The van der Waals surface area contributed by atoms with Gasteiger partial charge in [-0.15, -0.1) is 0 Å². The number of fused-ring (bicyclic) bond motifs is 1. The maximum atomic E-state index is 13.0. The van der Waals surface area contributed by atoms with Crippen LogP contribution >= 0.6 is 11.8 Å². The van der Waals surface area contributed by atoms with Crippen LogP contribution in [0.3, 0.4) is 0 Å². The van der Waals surface area contributed by atoms with Gasteiger partial charge in [-0.25, -0.2) is 0 Å². The SMILES string of the molecule is CCCCCCc1ccc(OCCOc2ccc(/C=C3/C(=N)N4N=C(C(F)(F)F)SC4=NC3=O)cc2OC)cc1. The molecule has 40 heavy (non-hydrogen) atoms. The van der Waals surface area contributed by atoms with Gasteiger partial charge in [-0.05, 0) is 66.1 Å². The van der Waals surface area contributed by atoms with E-state index in [1.54, 1.807) is 18.2 Å². The summed E-state index contributed by atoms with van der Waals surface area (Å²) in [6, 6.07) is 12.9. The maximum Gasteiger partial charge on any atom is 0.441 e. The van der Waals surface area contributed by atoms with Crippen LogP contribution in [-0.4, -0.2) is 53.5 Å². The van der Waals surface area contributed by atoms with Crippen molar-refractivity contribution in [3.05, 3.63) is 59.2 Å². The molecule has 0 aromatic heterocycles. The molecule has 2 heterocycles. The molecule has 1 amide bonds. The molecule has 0 unspecified atom stereocenters. The van der Waals surface area contributed by atoms with Crippen LogP contribution in [0, 0.1) is 5.41 Å². The highest BCUT2D eigenvalue weighted by molar-refractivity contribution is 8.27. The van der Waals surface area contributed by atoms with E-state index >= 15 is 0 Å². The van der Waals surface area contributed by atoms with Gasteiger partial charge < -0.3 is 14.2 Å². The van der Waals surface area contributed by atoms with Crippen LogP contribution in [0.25, 0.3) is 6.08 Å². The van der Waals surface area contributed by atoms with Crippen LogP contribution < -0.4 is 14.2 Å². The van der Waals surface area contributed by atoms with E-state index in [4.69, 9.17) is 19.6 Å². The van der Waals surface area contributed by atoms with Crippen molar-refractivity contribution in [1.29, 1.82) is 5.41 Å². The number of ether oxygens (including phenoxy) is 3. The summed E-state index contributed by atoms with van der Waals surface area (Å²) in [6.45, 7) is 2.76. The molecule has 0 saturated carbocycles. The summed E-state index contributed by atoms with van der Waals surface area (Å²) in [5.41, 5.74) is 1.55. The first-order valence-electron chi connectivity index (χ1n) is 12.8. The predicted molar refractivity (Wildman–Crippen MR) is 149 cm³/mol. The van der Waals surface area contributed by atoms with E-state index < -0.39 is 23.0 Å². The molecule has 0 atom stereocenters. The molecule has 1 N–H and O–H groups in total. The minimum Gasteiger partial charge on any atom is -0.493 e. The summed E-state index contributed by atoms with van der Waals surface area (Å²) < 4.78 is 56.0. The Kier molecular flexibility index (Phi) is 9.51. The Hall–Kier alpha value is -3.80. The summed E-state index contributed by atoms with van der Waals surface area (Å²) in [6.07, 6.45) is 2.60. The molecule has 8 nitrogen and oxygen atoms in total. The molecule has 2 aromatic carbocycles. The molecule has 2 aromatic rings. The monoisotopic (exact) mass is 574 g/mol. The zero-order chi connectivity index (χ0) is 28.7. The van der Waals surface area contributed by atoms with Crippen LogP contribution in [0.2, 0.25) is 0 Å². The van der Waals surface area contributed by atoms with Crippen LogP contribution in [0.4, 0.5) is 13.2 Å². The number of hydrogen-bond donors (Lipinski definition) is 1. The van der Waals surface area contributed by atoms with E-state index in [0.717, 1.165) is 12.2 Å². The second kappa shape index (κ2) is 13.0. The topological polar surface area (TPSA) is 96.6 Å². The zero-order valence-corrected chi connectivity index (χ0v) is 22.9. The number of carbonyl (C=O) groups is 1. The van der Waals surface area contributed by atoms with Crippen LogP contribution in [-0.2, 0) is 11.2 Å². The van der Waals surface area contributed by atoms with Crippen molar-refractivity contribution in [1.82, 2.24) is 5.01 Å². The molecule has 2 aliphatic heterocycles. The molecule has 0 saturated heterocycles. The summed E-state index contributed by atoms with van der Waals surface area (Å²) in [7, 11) is 1.46. The first-order chi connectivity index (χ1) is 19.2. The number of amidine groups is 2. The van der Waals surface area contributed by atoms with Crippen molar-refractivity contribution < 1.29 is 32.2 Å². The Labute approximate surface area is 234 Å². The average Bonchev–Trinajstić information content (AvgIpc) is 3.37. The summed E-state index contributed by atoms with van der Waals surface area (Å²) in [4.78, 5) is 16.1. The summed E-state index contributed by atoms with van der Waals surface area (Å²) >= 11 is 0.203. The van der Waals surface area contributed by atoms with E-state index in [9.17, 15) is 18.0 Å². The quantitative estimate of drug-likeness (QED) is 0.231. The van der Waals surface area contributed by atoms with Gasteiger partial charge in [-0.3, -0.25) is 10.2 Å². The Morgan fingerprint density at radius 3 is 2.48 bits per heavy atom. The fraction of sp³-hybridized carbons (Fsp3) is 0.357. The molecule has 12 heteroatoms. The first-order valence-corrected chi connectivity index (χ1v) is 13.6. The van der Waals surface area contributed by atoms with Gasteiger partial charge in [0.2, 0.25) is 10.2 Å². The zero-order valence-electron chi connectivity index (χ0n) is 22.1. The van der Waals surface area contributed by atoms with E-state index in [1.807, 2.05) is 12.1 Å². The van der Waals surface area contributed by atoms with Crippen molar-refractivity contribution in [3.63, 3.8) is 0 Å². The van der Waals surface area contributed by atoms with Gasteiger partial charge in [0, 0.05) is 0 Å². The number of aliphatic imine (C=N–C) groups is 1. The van der Waals surface area contributed by atoms with Gasteiger partial charge in [-0.1, -0.05) is 44.4 Å². The van der Waals surface area contributed by atoms with E-state index in [0.29, 0.717) is 28.7 Å². The molecule has 4 rings (SSSR count). The van der Waals surface area contributed by atoms with Gasteiger partial charge >= 0.3 is 6.18 Å². The molecule has 2 aliphatic rings. The molecule has 0 aliphatic carbocycles. The number of carbonyl (C=O) groups excluding carboxylic acids is 1. The van der Waals surface area contributed by atoms with E-state index in [-0.39, 0.29) is 29.1 Å². The normalized spacial score (nSPS) is 16.1. The molecule has 0 bridgehead atoms. The van der Waals surface area contributed by atoms with Crippen molar-refractivity contribution in [2.24, 2.45) is 10.1 Å². The van der Waals surface area contributed by atoms with Crippen molar-refractivity contribution in [2.75, 3.05) is 20.3 Å². The van der Waals surface area contributed by atoms with Gasteiger partial charge in [-0.2, -0.15) is 28.3 Å². The number of benzene rings is 2. The standard InChI is InChI=1S/C28H29F3N4O4S/c1-3-4-5-6-7-18-8-11-20(12-9-18)38-14-15-39-22-13-10-19(17-23(22)37-2)16-21-24(32)35-27(33-25(21)36)40-26(34-35)28(29,30)31/h8-13,16-17,32H,3-7,14-15H2,1-2H3/b21-16-,32-24?. The van der Waals surface area contributed by atoms with Crippen LogP contribution in [0.15, 0.2) is 58.1 Å². The molecule has 212 valence electrons. The third-order valence-corrected chi connectivity index (χ3v) is 7.00. The molecule has 0 fully saturated rings. The molecule has 0 spiro atoms. The summed E-state index contributed by atoms with van der Waals surface area (Å²) in [5.74, 6) is 0.237. The fourth-order valence-electron chi connectivity index (χ4n) is 3.99. The number of hydrazone groups is 1. The second-order valence-electron chi connectivity index (χ2n) is 8.98. The molecule has 0 radical (unpaired) electrons. The number of rotatable bonds is 12. The smallest absolute Gasteiger partial charge is 0.441 e. The number of unbranched alkanes of at least 4 members (excludes halogenated alkanes) is 3. The molecular weight excluding hydrogens is 545 g/mol. The highest BCUT2D eigenvalue weighted by Crippen LogP contribution is 2.36. The first kappa shape index (κ1) is 29.2. The lowest BCUT2D eigenvalue weighted by Crippen LogP contribution is -2.35. The maximum absolute atomic E-state index is 13.0. The van der Waals surface area contributed by atoms with Gasteiger partial charge in [0.1, 0.15) is 19.0 Å². The predicted octanol–water partition coefficient (Wildman–Crippen LogP) is 6.46. The van der Waals surface area contributed by atoms with Gasteiger partial charge in [0.15, 0.2) is 17.3 Å². The van der Waals surface area contributed by atoms with Crippen LogP contribution in [0.5, 0.6) is 17.2 Å². The number of alkyl halides is 3. The van der Waals surface area contributed by atoms with Crippen molar-refractivity contribution >= 4 is 39.8 Å². The van der Waals surface area contributed by atoms with Crippen molar-refractivity contribution in [3.8, 4) is 17.2 Å². The number of nitrogens with zero attached hydrogens (tertiary/aromatic N) is 3. The fourth-order valence-corrected chi connectivity index (χ4v) is 4.74. The minimum absolute atomic E-state index is 0.201. The number of hydrogen-bond acceptors (Lipinski definition) is 7. The lowest BCUT2D eigenvalue weighted by molar-refractivity contribution is -0.114. The Balaban J connectivity index is 1.34. The minimum atomic E-state index is -4.70. The number of aryl methyl sites for hydroxylation is 1. The summed E-state index contributed by atoms with van der Waals surface area (Å²) in [5, 5.41) is 10.8.